The molecule has 0 spiro atoms. The molecule has 0 fully saturated rings. The summed E-state index contributed by atoms with van der Waals surface area (Å²) in [7, 11) is 0. The number of benzene rings is 1. The zero-order valence-electron chi connectivity index (χ0n) is 13.8. The lowest BCUT2D eigenvalue weighted by Crippen LogP contribution is -2.22. The molecule has 1 amide bonds. The van der Waals surface area contributed by atoms with Gasteiger partial charge in [0, 0.05) is 5.56 Å². The Morgan fingerprint density at radius 3 is 2.64 bits per heavy atom. The van der Waals surface area contributed by atoms with Gasteiger partial charge in [-0.25, -0.2) is 4.39 Å². The van der Waals surface area contributed by atoms with Crippen LogP contribution in [0.2, 0.25) is 0 Å². The number of esters is 1. The van der Waals surface area contributed by atoms with Crippen LogP contribution in [0.5, 0.6) is 0 Å². The van der Waals surface area contributed by atoms with E-state index < -0.39 is 11.1 Å². The first kappa shape index (κ1) is 18.9. The lowest BCUT2D eigenvalue weighted by Gasteiger charge is -2.09. The molecule has 1 N–H and O–H groups in total. The molecule has 0 unspecified atom stereocenters. The normalized spacial score (nSPS) is 11.8. The van der Waals surface area contributed by atoms with Gasteiger partial charge in [-0.2, -0.15) is 0 Å². The van der Waals surface area contributed by atoms with E-state index in [1.165, 1.54) is 24.3 Å². The lowest BCUT2D eigenvalue weighted by molar-refractivity contribution is -0.142. The second-order valence-corrected chi connectivity index (χ2v) is 6.07. The van der Waals surface area contributed by atoms with Crippen molar-refractivity contribution in [1.82, 2.24) is 15.5 Å². The topological polar surface area (TPSA) is 94.3 Å². The van der Waals surface area contributed by atoms with Crippen LogP contribution in [0.4, 0.5) is 4.39 Å². The van der Waals surface area contributed by atoms with Crippen molar-refractivity contribution < 1.29 is 23.1 Å². The number of aromatic nitrogens is 2. The Balaban J connectivity index is 1.89. The number of nitrogens with one attached hydrogen (secondary N) is 1. The average Bonchev–Trinajstić information content (AvgIpc) is 3.06. The molecule has 9 heteroatoms. The zero-order valence-corrected chi connectivity index (χ0v) is 14.6. The van der Waals surface area contributed by atoms with Gasteiger partial charge in [-0.1, -0.05) is 18.7 Å². The van der Waals surface area contributed by atoms with Crippen molar-refractivity contribution in [1.29, 1.82) is 0 Å². The smallest absolute Gasteiger partial charge is 0.319 e. The Morgan fingerprint density at radius 2 is 2.00 bits per heavy atom. The van der Waals surface area contributed by atoms with Crippen molar-refractivity contribution in [2.24, 2.45) is 0 Å². The number of rotatable bonds is 8. The first-order chi connectivity index (χ1) is 12.0. The van der Waals surface area contributed by atoms with Gasteiger partial charge in [0.1, 0.15) is 11.1 Å². The number of thioether (sulfide) groups is 1. The van der Waals surface area contributed by atoms with Gasteiger partial charge in [-0.05, 0) is 37.6 Å². The highest BCUT2D eigenvalue weighted by molar-refractivity contribution is 8.00. The maximum Gasteiger partial charge on any atom is 0.319 e. The molecule has 0 radical (unpaired) electrons. The van der Waals surface area contributed by atoms with Crippen LogP contribution < -0.4 is 5.32 Å². The minimum atomic E-state index is -0.429. The number of halogens is 1. The predicted octanol–water partition coefficient (Wildman–Crippen LogP) is 2.57. The summed E-state index contributed by atoms with van der Waals surface area (Å²) in [6.07, 6.45) is 0.558. The molecule has 134 valence electrons. The van der Waals surface area contributed by atoms with Gasteiger partial charge in [0.05, 0.1) is 13.2 Å². The van der Waals surface area contributed by atoms with E-state index in [1.54, 1.807) is 6.92 Å². The van der Waals surface area contributed by atoms with Crippen LogP contribution in [0, 0.1) is 5.82 Å². The second-order valence-electron chi connectivity index (χ2n) is 4.92. The van der Waals surface area contributed by atoms with Crippen LogP contribution in [-0.4, -0.2) is 33.9 Å². The van der Waals surface area contributed by atoms with Crippen LogP contribution >= 0.6 is 11.8 Å². The quantitative estimate of drug-likeness (QED) is 0.566. The van der Waals surface area contributed by atoms with E-state index in [1.807, 2.05) is 6.92 Å². The zero-order chi connectivity index (χ0) is 18.2. The largest absolute Gasteiger partial charge is 0.465 e. The second kappa shape index (κ2) is 9.16. The molecule has 1 aromatic carbocycles. The highest BCUT2D eigenvalue weighted by atomic mass is 32.2. The lowest BCUT2D eigenvalue weighted by atomic mass is 10.2. The summed E-state index contributed by atoms with van der Waals surface area (Å²) in [4.78, 5) is 23.7. The highest BCUT2D eigenvalue weighted by Gasteiger charge is 2.22. The fourth-order valence-corrected chi connectivity index (χ4v) is 2.68. The fraction of sp³-hybridized carbons (Fsp3) is 0.375. The van der Waals surface area contributed by atoms with E-state index >= 15 is 0 Å². The Hall–Kier alpha value is -2.42. The van der Waals surface area contributed by atoms with E-state index in [-0.39, 0.29) is 29.5 Å². The third kappa shape index (κ3) is 5.56. The molecule has 1 aromatic heterocycles. The molecular weight excluding hydrogens is 349 g/mol. The summed E-state index contributed by atoms with van der Waals surface area (Å²) >= 11 is 1.12. The molecular formula is C16H18FN3O4S. The third-order valence-electron chi connectivity index (χ3n) is 3.12. The Labute approximate surface area is 148 Å². The SMILES string of the molecule is CCOC(=O)[C@@H](CC)Sc1nnc(CNC(=O)c2ccc(F)cc2)o1. The summed E-state index contributed by atoms with van der Waals surface area (Å²) in [5.74, 6) is -0.927. The van der Waals surface area contributed by atoms with Gasteiger partial charge in [0.2, 0.25) is 5.89 Å². The first-order valence-corrected chi connectivity index (χ1v) is 8.60. The molecule has 0 aliphatic heterocycles. The molecule has 0 saturated heterocycles. The third-order valence-corrected chi connectivity index (χ3v) is 4.30. The standard InChI is InChI=1S/C16H18FN3O4S/c1-3-12(15(22)23-4-2)25-16-20-19-13(24-16)9-18-14(21)10-5-7-11(17)8-6-10/h5-8,12H,3-4,9H2,1-2H3,(H,18,21)/t12-/m1/s1. The fourth-order valence-electron chi connectivity index (χ4n) is 1.87. The average molecular weight is 367 g/mol. The number of nitrogens with zero attached hydrogens (tertiary/aromatic N) is 2. The Morgan fingerprint density at radius 1 is 1.28 bits per heavy atom. The van der Waals surface area contributed by atoms with Gasteiger partial charge >= 0.3 is 5.97 Å². The summed E-state index contributed by atoms with van der Waals surface area (Å²) in [5, 5.41) is 10.1. The van der Waals surface area contributed by atoms with E-state index in [0.29, 0.717) is 18.6 Å². The molecule has 25 heavy (non-hydrogen) atoms. The van der Waals surface area contributed by atoms with Gasteiger partial charge in [0.25, 0.3) is 11.1 Å². The molecule has 7 nitrogen and oxygen atoms in total. The monoisotopic (exact) mass is 367 g/mol. The molecule has 1 atom stereocenters. The van der Waals surface area contributed by atoms with E-state index in [0.717, 1.165) is 11.8 Å². The van der Waals surface area contributed by atoms with Crippen molar-refractivity contribution >= 4 is 23.6 Å². The molecule has 0 bridgehead atoms. The summed E-state index contributed by atoms with van der Waals surface area (Å²) in [6, 6.07) is 5.17. The summed E-state index contributed by atoms with van der Waals surface area (Å²) < 4.78 is 23.2. The summed E-state index contributed by atoms with van der Waals surface area (Å²) in [6.45, 7) is 3.93. The van der Waals surface area contributed by atoms with E-state index in [2.05, 4.69) is 15.5 Å². The van der Waals surface area contributed by atoms with Gasteiger partial charge in [0.15, 0.2) is 0 Å². The number of carbonyl (C=O) groups excluding carboxylic acids is 2. The van der Waals surface area contributed by atoms with Crippen LogP contribution in [0.15, 0.2) is 33.9 Å². The van der Waals surface area contributed by atoms with Crippen molar-refractivity contribution in [2.45, 2.75) is 37.3 Å². The van der Waals surface area contributed by atoms with Crippen LogP contribution in [0.3, 0.4) is 0 Å². The molecule has 0 saturated carbocycles. The van der Waals surface area contributed by atoms with Crippen LogP contribution in [-0.2, 0) is 16.1 Å². The maximum absolute atomic E-state index is 12.8. The van der Waals surface area contributed by atoms with E-state index in [9.17, 15) is 14.0 Å². The van der Waals surface area contributed by atoms with Crippen molar-refractivity contribution in [3.05, 3.63) is 41.5 Å². The molecule has 2 rings (SSSR count). The first-order valence-electron chi connectivity index (χ1n) is 7.72. The van der Waals surface area contributed by atoms with E-state index in [4.69, 9.17) is 9.15 Å². The number of ether oxygens (including phenoxy) is 1. The number of carbonyl (C=O) groups is 2. The summed E-state index contributed by atoms with van der Waals surface area (Å²) in [5.41, 5.74) is 0.323. The van der Waals surface area contributed by atoms with Gasteiger partial charge < -0.3 is 14.5 Å². The van der Waals surface area contributed by atoms with Crippen LogP contribution in [0.25, 0.3) is 0 Å². The van der Waals surface area contributed by atoms with Crippen LogP contribution in [0.1, 0.15) is 36.5 Å². The number of hydrogen-bond donors (Lipinski definition) is 1. The predicted molar refractivity (Wildman–Crippen MR) is 88.4 cm³/mol. The molecule has 0 aliphatic carbocycles. The van der Waals surface area contributed by atoms with Gasteiger partial charge in [-0.3, -0.25) is 9.59 Å². The Bertz CT molecular complexity index is 720. The molecule has 0 aliphatic rings. The highest BCUT2D eigenvalue weighted by Crippen LogP contribution is 2.25. The molecule has 2 aromatic rings. The van der Waals surface area contributed by atoms with Crippen molar-refractivity contribution in [3.63, 3.8) is 0 Å². The number of amides is 1. The number of hydrogen-bond acceptors (Lipinski definition) is 7. The Kier molecular flexibility index (Phi) is 6.93. The van der Waals surface area contributed by atoms with Crippen molar-refractivity contribution in [3.8, 4) is 0 Å². The van der Waals surface area contributed by atoms with Crippen molar-refractivity contribution in [2.75, 3.05) is 6.61 Å². The van der Waals surface area contributed by atoms with Gasteiger partial charge in [-0.15, -0.1) is 10.2 Å². The minimum absolute atomic E-state index is 0.0277. The maximum atomic E-state index is 12.8. The molecule has 1 heterocycles. The minimum Gasteiger partial charge on any atom is -0.465 e.